The molecule has 0 fully saturated rings. The summed E-state index contributed by atoms with van der Waals surface area (Å²) in [6.07, 6.45) is 3.52. The van der Waals surface area contributed by atoms with Crippen LogP contribution < -0.4 is 10.1 Å². The lowest BCUT2D eigenvalue weighted by atomic mass is 9.94. The van der Waals surface area contributed by atoms with Gasteiger partial charge in [0.2, 0.25) is 0 Å². The van der Waals surface area contributed by atoms with Gasteiger partial charge in [0.25, 0.3) is 0 Å². The summed E-state index contributed by atoms with van der Waals surface area (Å²) >= 11 is 0. The molecular formula is C22H20F3NO2. The Hall–Kier alpha value is -2.86. The van der Waals surface area contributed by atoms with E-state index < -0.39 is 18.0 Å². The van der Waals surface area contributed by atoms with E-state index >= 15 is 0 Å². The Morgan fingerprint density at radius 2 is 1.86 bits per heavy atom. The molecule has 0 amide bonds. The van der Waals surface area contributed by atoms with E-state index in [4.69, 9.17) is 0 Å². The number of nitrogens with one attached hydrogen (secondary N) is 1. The van der Waals surface area contributed by atoms with Crippen LogP contribution in [-0.2, 0) is 0 Å². The maximum absolute atomic E-state index is 12.7. The number of ether oxygens (including phenoxy) is 1. The van der Waals surface area contributed by atoms with E-state index in [-0.39, 0.29) is 17.4 Å². The van der Waals surface area contributed by atoms with Crippen molar-refractivity contribution in [3.8, 4) is 5.75 Å². The molecule has 0 aliphatic carbocycles. The zero-order valence-corrected chi connectivity index (χ0v) is 15.0. The van der Waals surface area contributed by atoms with Gasteiger partial charge in [-0.05, 0) is 30.7 Å². The van der Waals surface area contributed by atoms with E-state index in [2.05, 4.69) is 10.1 Å². The van der Waals surface area contributed by atoms with Crippen molar-refractivity contribution in [2.75, 3.05) is 6.54 Å². The number of halogens is 3. The number of benzene rings is 2. The average Bonchev–Trinajstić information content (AvgIpc) is 2.91. The van der Waals surface area contributed by atoms with Crippen LogP contribution in [0.15, 0.2) is 72.8 Å². The first kappa shape index (κ1) is 19.9. The molecule has 6 heteroatoms. The standard InChI is InChI=1S/C22H20F3NO2/c23-22(24,25)28-20-8-4-7-18(15-20)21(27)17-10-12-19(26-14-13-17)11-9-16-5-2-1-3-6-16/h1-12,15,17,19,26H,13-14H2/b11-9+. The quantitative estimate of drug-likeness (QED) is 0.579. The van der Waals surface area contributed by atoms with Gasteiger partial charge in [0, 0.05) is 17.5 Å². The molecule has 146 valence electrons. The third kappa shape index (κ3) is 5.82. The number of hydrogen-bond donors (Lipinski definition) is 1. The van der Waals surface area contributed by atoms with Gasteiger partial charge in [-0.3, -0.25) is 4.79 Å². The summed E-state index contributed by atoms with van der Waals surface area (Å²) in [7, 11) is 0. The molecule has 0 bridgehead atoms. The predicted molar refractivity (Wildman–Crippen MR) is 102 cm³/mol. The molecule has 3 rings (SSSR count). The fraction of sp³-hybridized carbons (Fsp3) is 0.227. The van der Waals surface area contributed by atoms with Crippen molar-refractivity contribution in [1.29, 1.82) is 0 Å². The normalized spacial score (nSPS) is 20.1. The van der Waals surface area contributed by atoms with Crippen LogP contribution in [0.2, 0.25) is 0 Å². The number of hydrogen-bond acceptors (Lipinski definition) is 3. The third-order valence-electron chi connectivity index (χ3n) is 4.37. The number of alkyl halides is 3. The molecule has 1 N–H and O–H groups in total. The van der Waals surface area contributed by atoms with Crippen LogP contribution in [0.5, 0.6) is 5.75 Å². The molecule has 1 aliphatic heterocycles. The van der Waals surface area contributed by atoms with Crippen LogP contribution in [0.1, 0.15) is 22.3 Å². The summed E-state index contributed by atoms with van der Waals surface area (Å²) in [4.78, 5) is 12.7. The van der Waals surface area contributed by atoms with Gasteiger partial charge in [0.1, 0.15) is 5.75 Å². The lowest BCUT2D eigenvalue weighted by Gasteiger charge is -2.12. The largest absolute Gasteiger partial charge is 0.573 e. The minimum Gasteiger partial charge on any atom is -0.406 e. The predicted octanol–water partition coefficient (Wildman–Crippen LogP) is 5.02. The maximum Gasteiger partial charge on any atom is 0.573 e. The van der Waals surface area contributed by atoms with Crippen LogP contribution in [0, 0.1) is 5.92 Å². The molecule has 2 atom stereocenters. The van der Waals surface area contributed by atoms with Crippen molar-refractivity contribution in [3.63, 3.8) is 0 Å². The number of Topliss-reactive ketones (excluding diaryl/α,β-unsaturated/α-hetero) is 1. The fourth-order valence-corrected chi connectivity index (χ4v) is 3.01. The SMILES string of the molecule is O=C(c1cccc(OC(F)(F)F)c1)C1C=CC(/C=C/c2ccccc2)NCC1. The third-order valence-corrected chi connectivity index (χ3v) is 4.37. The smallest absolute Gasteiger partial charge is 0.406 e. The highest BCUT2D eigenvalue weighted by Crippen LogP contribution is 2.25. The van der Waals surface area contributed by atoms with Gasteiger partial charge in [-0.25, -0.2) is 0 Å². The summed E-state index contributed by atoms with van der Waals surface area (Å²) < 4.78 is 41.1. The van der Waals surface area contributed by atoms with Gasteiger partial charge >= 0.3 is 6.36 Å². The van der Waals surface area contributed by atoms with Crippen molar-refractivity contribution < 1.29 is 22.7 Å². The Balaban J connectivity index is 1.68. The Labute approximate surface area is 161 Å². The van der Waals surface area contributed by atoms with Crippen LogP contribution in [0.4, 0.5) is 13.2 Å². The Kier molecular flexibility index (Phi) is 6.31. The second kappa shape index (κ2) is 8.89. The molecule has 2 aromatic rings. The van der Waals surface area contributed by atoms with Crippen molar-refractivity contribution in [2.24, 2.45) is 5.92 Å². The fourth-order valence-electron chi connectivity index (χ4n) is 3.01. The van der Waals surface area contributed by atoms with Gasteiger partial charge < -0.3 is 10.1 Å². The number of allylic oxidation sites excluding steroid dienone is 1. The van der Waals surface area contributed by atoms with Crippen LogP contribution in [0.3, 0.4) is 0 Å². The highest BCUT2D eigenvalue weighted by molar-refractivity contribution is 5.99. The van der Waals surface area contributed by atoms with Crippen molar-refractivity contribution >= 4 is 11.9 Å². The molecule has 2 unspecified atom stereocenters. The minimum absolute atomic E-state index is 0.0158. The molecule has 0 radical (unpaired) electrons. The monoisotopic (exact) mass is 387 g/mol. The first-order valence-corrected chi connectivity index (χ1v) is 8.96. The van der Waals surface area contributed by atoms with Crippen LogP contribution in [0.25, 0.3) is 6.08 Å². The molecule has 2 aromatic carbocycles. The molecule has 28 heavy (non-hydrogen) atoms. The van der Waals surface area contributed by atoms with Crippen LogP contribution in [-0.4, -0.2) is 24.7 Å². The van der Waals surface area contributed by atoms with Crippen molar-refractivity contribution in [2.45, 2.75) is 18.8 Å². The van der Waals surface area contributed by atoms with E-state index in [1.165, 1.54) is 18.2 Å². The average molecular weight is 387 g/mol. The Morgan fingerprint density at radius 3 is 2.61 bits per heavy atom. The lowest BCUT2D eigenvalue weighted by molar-refractivity contribution is -0.274. The molecule has 0 saturated carbocycles. The molecule has 1 aliphatic rings. The van der Waals surface area contributed by atoms with Gasteiger partial charge in [0.05, 0.1) is 0 Å². The van der Waals surface area contributed by atoms with Crippen LogP contribution >= 0.6 is 0 Å². The van der Waals surface area contributed by atoms with Gasteiger partial charge in [-0.15, -0.1) is 13.2 Å². The number of carbonyl (C=O) groups excluding carboxylic acids is 1. The lowest BCUT2D eigenvalue weighted by Crippen LogP contribution is -2.25. The number of rotatable bonds is 5. The molecule has 0 aromatic heterocycles. The maximum atomic E-state index is 12.7. The summed E-state index contributed by atoms with van der Waals surface area (Å²) in [6.45, 7) is 0.617. The zero-order valence-electron chi connectivity index (χ0n) is 15.0. The second-order valence-corrected chi connectivity index (χ2v) is 6.47. The first-order chi connectivity index (χ1) is 13.4. The topological polar surface area (TPSA) is 38.3 Å². The summed E-state index contributed by atoms with van der Waals surface area (Å²) in [5.41, 5.74) is 1.28. The summed E-state index contributed by atoms with van der Waals surface area (Å²) in [6, 6.07) is 15.1. The van der Waals surface area contributed by atoms with E-state index in [0.717, 1.165) is 11.6 Å². The van der Waals surface area contributed by atoms with Crippen molar-refractivity contribution in [3.05, 3.63) is 84.0 Å². The van der Waals surface area contributed by atoms with Crippen molar-refractivity contribution in [1.82, 2.24) is 5.32 Å². The molecule has 1 heterocycles. The molecule has 0 spiro atoms. The zero-order chi connectivity index (χ0) is 20.0. The Bertz CT molecular complexity index is 860. The highest BCUT2D eigenvalue weighted by Gasteiger charge is 2.31. The summed E-state index contributed by atoms with van der Waals surface area (Å²) in [5.74, 6) is -1.01. The van der Waals surface area contributed by atoms with Gasteiger partial charge in [-0.1, -0.05) is 66.8 Å². The number of ketones is 1. The summed E-state index contributed by atoms with van der Waals surface area (Å²) in [5, 5.41) is 3.33. The molecule has 0 saturated heterocycles. The number of carbonyl (C=O) groups is 1. The molecular weight excluding hydrogens is 367 g/mol. The Morgan fingerprint density at radius 1 is 1.07 bits per heavy atom. The highest BCUT2D eigenvalue weighted by atomic mass is 19.4. The van der Waals surface area contributed by atoms with E-state index in [1.807, 2.05) is 54.6 Å². The van der Waals surface area contributed by atoms with Gasteiger partial charge in [-0.2, -0.15) is 0 Å². The second-order valence-electron chi connectivity index (χ2n) is 6.47. The van der Waals surface area contributed by atoms with E-state index in [0.29, 0.717) is 13.0 Å². The van der Waals surface area contributed by atoms with Gasteiger partial charge in [0.15, 0.2) is 5.78 Å². The minimum atomic E-state index is -4.79. The molecule has 3 nitrogen and oxygen atoms in total. The first-order valence-electron chi connectivity index (χ1n) is 8.96. The van der Waals surface area contributed by atoms with E-state index in [1.54, 1.807) is 0 Å². The van der Waals surface area contributed by atoms with E-state index in [9.17, 15) is 18.0 Å².